The fourth-order valence-electron chi connectivity index (χ4n) is 3.75. The Balaban J connectivity index is 1.57. The number of nitrogens with zero attached hydrogens (tertiary/aromatic N) is 1. The van der Waals surface area contributed by atoms with Gasteiger partial charge in [-0.2, -0.15) is 0 Å². The van der Waals surface area contributed by atoms with E-state index in [1.54, 1.807) is 6.26 Å². The van der Waals surface area contributed by atoms with E-state index in [9.17, 15) is 4.79 Å². The molecule has 6 nitrogen and oxygen atoms in total. The average Bonchev–Trinajstić information content (AvgIpc) is 3.42. The van der Waals surface area contributed by atoms with Gasteiger partial charge in [-0.3, -0.25) is 4.79 Å². The Labute approximate surface area is 181 Å². The second kappa shape index (κ2) is 9.02. The lowest BCUT2D eigenvalue weighted by molar-refractivity contribution is 0.113. The molecule has 1 saturated heterocycles. The van der Waals surface area contributed by atoms with Crippen LogP contribution >= 0.6 is 12.2 Å². The van der Waals surface area contributed by atoms with Crippen molar-refractivity contribution in [3.63, 3.8) is 0 Å². The summed E-state index contributed by atoms with van der Waals surface area (Å²) in [5.74, 6) is 0.792. The lowest BCUT2D eigenvalue weighted by atomic mass is 10.0. The van der Waals surface area contributed by atoms with E-state index in [-0.39, 0.29) is 11.7 Å². The van der Waals surface area contributed by atoms with E-state index in [1.807, 2.05) is 36.1 Å². The third kappa shape index (κ3) is 4.74. The Morgan fingerprint density at radius 1 is 1.27 bits per heavy atom. The predicted molar refractivity (Wildman–Crippen MR) is 122 cm³/mol. The number of pyridine rings is 1. The smallest absolute Gasteiger partial charge is 0.253 e. The standard InChI is InChI=1S/C23H27N3O3S/c1-15-9-17-11-18(22(27)25-21(17)10-16(15)2)13-26(14-20-6-4-8-29-20)23(30)24-12-19-5-3-7-28-19/h4,6,8-11,19H,3,5,7,12-14H2,1-2H3,(H,24,30)(H,25,27)/t19-/m0/s1. The Morgan fingerprint density at radius 2 is 2.10 bits per heavy atom. The van der Waals surface area contributed by atoms with Crippen LogP contribution in [0.1, 0.15) is 35.3 Å². The van der Waals surface area contributed by atoms with Gasteiger partial charge in [0.05, 0.1) is 25.5 Å². The highest BCUT2D eigenvalue weighted by Crippen LogP contribution is 2.18. The van der Waals surface area contributed by atoms with E-state index in [2.05, 4.69) is 23.3 Å². The fourth-order valence-corrected chi connectivity index (χ4v) is 3.97. The molecule has 0 radical (unpaired) electrons. The second-order valence-corrected chi connectivity index (χ2v) is 8.29. The predicted octanol–water partition coefficient (Wildman–Crippen LogP) is 3.79. The first-order valence-electron chi connectivity index (χ1n) is 10.3. The van der Waals surface area contributed by atoms with Gasteiger partial charge in [0.15, 0.2) is 5.11 Å². The highest BCUT2D eigenvalue weighted by Gasteiger charge is 2.19. The number of H-pyrrole nitrogens is 1. The number of hydrogen-bond donors (Lipinski definition) is 2. The first-order valence-corrected chi connectivity index (χ1v) is 10.7. The minimum atomic E-state index is -0.0999. The first kappa shape index (κ1) is 20.6. The van der Waals surface area contributed by atoms with Gasteiger partial charge >= 0.3 is 0 Å². The van der Waals surface area contributed by atoms with Crippen LogP contribution in [0.5, 0.6) is 0 Å². The van der Waals surface area contributed by atoms with Crippen molar-refractivity contribution in [3.8, 4) is 0 Å². The van der Waals surface area contributed by atoms with Gasteiger partial charge in [0.2, 0.25) is 0 Å². The molecular weight excluding hydrogens is 398 g/mol. The SMILES string of the molecule is Cc1cc2cc(CN(Cc3ccco3)C(=S)NC[C@@H]3CCCO3)c(=O)[nH]c2cc1C. The van der Waals surface area contributed by atoms with Crippen molar-refractivity contribution in [2.75, 3.05) is 13.2 Å². The van der Waals surface area contributed by atoms with E-state index in [0.29, 0.717) is 30.3 Å². The molecule has 2 N–H and O–H groups in total. The maximum atomic E-state index is 12.8. The zero-order valence-electron chi connectivity index (χ0n) is 17.4. The number of aromatic nitrogens is 1. The van der Waals surface area contributed by atoms with Crippen LogP contribution in [0.3, 0.4) is 0 Å². The van der Waals surface area contributed by atoms with Crippen LogP contribution < -0.4 is 10.9 Å². The zero-order valence-corrected chi connectivity index (χ0v) is 18.2. The monoisotopic (exact) mass is 425 g/mol. The van der Waals surface area contributed by atoms with Gasteiger partial charge in [-0.05, 0) is 85.8 Å². The number of benzene rings is 1. The van der Waals surface area contributed by atoms with Crippen molar-refractivity contribution >= 4 is 28.2 Å². The van der Waals surface area contributed by atoms with Crippen LogP contribution in [0.25, 0.3) is 10.9 Å². The highest BCUT2D eigenvalue weighted by molar-refractivity contribution is 7.80. The molecule has 1 fully saturated rings. The van der Waals surface area contributed by atoms with E-state index in [0.717, 1.165) is 41.7 Å². The molecule has 3 aromatic rings. The van der Waals surface area contributed by atoms with Crippen molar-refractivity contribution in [1.29, 1.82) is 0 Å². The number of furan rings is 1. The Hall–Kier alpha value is -2.64. The van der Waals surface area contributed by atoms with E-state index in [4.69, 9.17) is 21.4 Å². The summed E-state index contributed by atoms with van der Waals surface area (Å²) < 4.78 is 11.2. The van der Waals surface area contributed by atoms with Gasteiger partial charge in [0, 0.05) is 24.2 Å². The molecule has 2 aromatic heterocycles. The van der Waals surface area contributed by atoms with Crippen LogP contribution in [0.2, 0.25) is 0 Å². The van der Waals surface area contributed by atoms with E-state index < -0.39 is 0 Å². The molecule has 0 spiro atoms. The summed E-state index contributed by atoms with van der Waals surface area (Å²) in [5.41, 5.74) is 3.77. The van der Waals surface area contributed by atoms with Gasteiger partial charge in [0.1, 0.15) is 5.76 Å². The van der Waals surface area contributed by atoms with Crippen molar-refractivity contribution in [1.82, 2.24) is 15.2 Å². The van der Waals surface area contributed by atoms with Crippen molar-refractivity contribution < 1.29 is 9.15 Å². The number of hydrogen-bond acceptors (Lipinski definition) is 4. The molecule has 7 heteroatoms. The highest BCUT2D eigenvalue weighted by atomic mass is 32.1. The number of thiocarbonyl (C=S) groups is 1. The Kier molecular flexibility index (Phi) is 6.20. The summed E-state index contributed by atoms with van der Waals surface area (Å²) >= 11 is 5.66. The third-order valence-corrected chi connectivity index (χ3v) is 6.02. The van der Waals surface area contributed by atoms with E-state index in [1.165, 1.54) is 5.56 Å². The molecule has 1 atom stereocenters. The molecule has 1 aromatic carbocycles. The van der Waals surface area contributed by atoms with Crippen LogP contribution in [-0.4, -0.2) is 34.3 Å². The van der Waals surface area contributed by atoms with Gasteiger partial charge < -0.3 is 24.4 Å². The molecule has 0 bridgehead atoms. The van der Waals surface area contributed by atoms with Gasteiger partial charge in [-0.25, -0.2) is 0 Å². The van der Waals surface area contributed by atoms with Gasteiger partial charge in [-0.1, -0.05) is 0 Å². The van der Waals surface area contributed by atoms with Crippen LogP contribution in [0.15, 0.2) is 45.8 Å². The maximum absolute atomic E-state index is 12.8. The molecule has 30 heavy (non-hydrogen) atoms. The minimum absolute atomic E-state index is 0.0999. The molecule has 158 valence electrons. The number of ether oxygens (including phenoxy) is 1. The lowest BCUT2D eigenvalue weighted by Gasteiger charge is -2.26. The molecule has 0 saturated carbocycles. The average molecular weight is 426 g/mol. The van der Waals surface area contributed by atoms with Crippen LogP contribution in [0, 0.1) is 13.8 Å². The summed E-state index contributed by atoms with van der Waals surface area (Å²) in [7, 11) is 0. The second-order valence-electron chi connectivity index (χ2n) is 7.90. The summed E-state index contributed by atoms with van der Waals surface area (Å²) in [5, 5.41) is 4.91. The van der Waals surface area contributed by atoms with Crippen LogP contribution in [-0.2, 0) is 17.8 Å². The molecule has 3 heterocycles. The van der Waals surface area contributed by atoms with Crippen molar-refractivity contribution in [2.24, 2.45) is 0 Å². The minimum Gasteiger partial charge on any atom is -0.467 e. The Bertz CT molecular complexity index is 1090. The first-order chi connectivity index (χ1) is 14.5. The largest absolute Gasteiger partial charge is 0.467 e. The maximum Gasteiger partial charge on any atom is 0.253 e. The number of rotatable bonds is 6. The normalized spacial score (nSPS) is 16.1. The van der Waals surface area contributed by atoms with Crippen molar-refractivity contribution in [3.05, 3.63) is 69.4 Å². The summed E-state index contributed by atoms with van der Waals surface area (Å²) in [6, 6.07) is 9.84. The molecule has 1 aliphatic heterocycles. The summed E-state index contributed by atoms with van der Waals surface area (Å²) in [6.07, 6.45) is 3.95. The Morgan fingerprint density at radius 3 is 2.83 bits per heavy atom. The molecule has 0 unspecified atom stereocenters. The zero-order chi connectivity index (χ0) is 21.1. The number of fused-ring (bicyclic) bond motifs is 1. The fraction of sp³-hybridized carbons (Fsp3) is 0.391. The topological polar surface area (TPSA) is 70.5 Å². The molecule has 0 amide bonds. The van der Waals surface area contributed by atoms with Crippen LogP contribution in [0.4, 0.5) is 0 Å². The van der Waals surface area contributed by atoms with Gasteiger partial charge in [-0.15, -0.1) is 0 Å². The molecule has 0 aliphatic carbocycles. The quantitative estimate of drug-likeness (QED) is 0.586. The van der Waals surface area contributed by atoms with E-state index >= 15 is 0 Å². The lowest BCUT2D eigenvalue weighted by Crippen LogP contribution is -2.42. The number of aromatic amines is 1. The number of nitrogens with one attached hydrogen (secondary N) is 2. The number of aryl methyl sites for hydroxylation is 2. The molecular formula is C23H27N3O3S. The molecule has 4 rings (SSSR count). The third-order valence-electron chi connectivity index (χ3n) is 5.62. The summed E-state index contributed by atoms with van der Waals surface area (Å²) in [4.78, 5) is 17.7. The molecule has 1 aliphatic rings. The van der Waals surface area contributed by atoms with Gasteiger partial charge in [0.25, 0.3) is 5.56 Å². The van der Waals surface area contributed by atoms with Crippen molar-refractivity contribution in [2.45, 2.75) is 45.9 Å². The summed E-state index contributed by atoms with van der Waals surface area (Å²) in [6.45, 7) is 6.46.